The number of fused-ring (bicyclic) bond motifs is 1. The van der Waals surface area contributed by atoms with Gasteiger partial charge in [-0.25, -0.2) is 9.97 Å². The normalized spacial score (nSPS) is 13.2. The van der Waals surface area contributed by atoms with Crippen molar-refractivity contribution in [2.75, 3.05) is 6.54 Å². The number of aromatic nitrogens is 4. The molecule has 1 amide bonds. The Kier molecular flexibility index (Phi) is 6.52. The Labute approximate surface area is 177 Å². The van der Waals surface area contributed by atoms with Crippen LogP contribution in [0.5, 0.6) is 0 Å². The third-order valence-electron chi connectivity index (χ3n) is 5.57. The number of rotatable bonds is 9. The van der Waals surface area contributed by atoms with Crippen LogP contribution in [0.2, 0.25) is 0 Å². The topological polar surface area (TPSA) is 72.7 Å². The second kappa shape index (κ2) is 9.65. The molecule has 4 rings (SSSR count). The molecule has 0 fully saturated rings. The monoisotopic (exact) mass is 403 g/mol. The molecule has 0 atom stereocenters. The van der Waals surface area contributed by atoms with E-state index in [-0.39, 0.29) is 5.91 Å². The van der Waals surface area contributed by atoms with Gasteiger partial charge in [-0.1, -0.05) is 63.3 Å². The minimum atomic E-state index is -0.0877. The Morgan fingerprint density at radius 2 is 1.80 bits per heavy atom. The molecule has 0 saturated heterocycles. The number of unbranched alkanes of at least 4 members (excludes halogenated alkanes) is 5. The van der Waals surface area contributed by atoms with Crippen LogP contribution in [0.25, 0.3) is 22.8 Å². The molecule has 0 bridgehead atoms. The van der Waals surface area contributed by atoms with Crippen molar-refractivity contribution in [3.05, 3.63) is 53.9 Å². The SMILES string of the molecule is CCCCCCCCc1ccc(-c2nccc(-c3cc4n(n3)CCNC4=O)n2)cc1. The van der Waals surface area contributed by atoms with Gasteiger partial charge in [-0.05, 0) is 30.5 Å². The molecule has 3 aromatic rings. The summed E-state index contributed by atoms with van der Waals surface area (Å²) in [4.78, 5) is 21.1. The van der Waals surface area contributed by atoms with Crippen molar-refractivity contribution in [2.45, 2.75) is 58.4 Å². The van der Waals surface area contributed by atoms with E-state index in [1.165, 1.54) is 44.1 Å². The maximum Gasteiger partial charge on any atom is 0.269 e. The number of carbonyl (C=O) groups is 1. The summed E-state index contributed by atoms with van der Waals surface area (Å²) in [5.41, 5.74) is 4.36. The van der Waals surface area contributed by atoms with E-state index in [0.717, 1.165) is 17.7 Å². The highest BCUT2D eigenvalue weighted by atomic mass is 16.2. The van der Waals surface area contributed by atoms with Gasteiger partial charge < -0.3 is 5.32 Å². The van der Waals surface area contributed by atoms with Gasteiger partial charge in [0.1, 0.15) is 11.4 Å². The standard InChI is InChI=1S/C24H29N5O/c1-2-3-4-5-6-7-8-18-9-11-19(12-10-18)23-25-14-13-20(27-23)21-17-22-24(30)26-15-16-29(22)28-21/h9-14,17H,2-8,15-16H2,1H3,(H,26,30). The highest BCUT2D eigenvalue weighted by molar-refractivity contribution is 5.94. The minimum Gasteiger partial charge on any atom is -0.349 e. The fraction of sp³-hybridized carbons (Fsp3) is 0.417. The summed E-state index contributed by atoms with van der Waals surface area (Å²) >= 11 is 0. The molecule has 1 N–H and O–H groups in total. The van der Waals surface area contributed by atoms with Gasteiger partial charge >= 0.3 is 0 Å². The fourth-order valence-electron chi connectivity index (χ4n) is 3.83. The Hall–Kier alpha value is -3.02. The highest BCUT2D eigenvalue weighted by Gasteiger charge is 2.20. The summed E-state index contributed by atoms with van der Waals surface area (Å²) < 4.78 is 1.74. The number of amides is 1. The molecular formula is C24H29N5O. The molecule has 6 heteroatoms. The first-order valence-electron chi connectivity index (χ1n) is 11.0. The first-order valence-corrected chi connectivity index (χ1v) is 11.0. The zero-order chi connectivity index (χ0) is 20.8. The maximum atomic E-state index is 12.0. The largest absolute Gasteiger partial charge is 0.349 e. The molecule has 1 aliphatic heterocycles. The lowest BCUT2D eigenvalue weighted by atomic mass is 10.0. The van der Waals surface area contributed by atoms with Crippen molar-refractivity contribution < 1.29 is 4.79 Å². The van der Waals surface area contributed by atoms with Gasteiger partial charge in [-0.2, -0.15) is 5.10 Å². The van der Waals surface area contributed by atoms with Gasteiger partial charge in [-0.3, -0.25) is 9.48 Å². The van der Waals surface area contributed by atoms with E-state index in [1.807, 2.05) is 6.07 Å². The number of benzene rings is 1. The zero-order valence-electron chi connectivity index (χ0n) is 17.6. The van der Waals surface area contributed by atoms with E-state index >= 15 is 0 Å². The molecule has 156 valence electrons. The average molecular weight is 404 g/mol. The molecule has 0 spiro atoms. The number of hydrogen-bond donors (Lipinski definition) is 1. The van der Waals surface area contributed by atoms with Crippen LogP contribution in [0.3, 0.4) is 0 Å². The van der Waals surface area contributed by atoms with Crippen LogP contribution in [0.15, 0.2) is 42.6 Å². The van der Waals surface area contributed by atoms with Crippen molar-refractivity contribution >= 4 is 5.91 Å². The summed E-state index contributed by atoms with van der Waals surface area (Å²) in [6.07, 6.45) is 10.8. The van der Waals surface area contributed by atoms with Crippen LogP contribution in [-0.4, -0.2) is 32.2 Å². The predicted octanol–water partition coefficient (Wildman–Crippen LogP) is 4.65. The predicted molar refractivity (Wildman–Crippen MR) is 118 cm³/mol. The van der Waals surface area contributed by atoms with Crippen molar-refractivity contribution in [3.63, 3.8) is 0 Å². The van der Waals surface area contributed by atoms with Crippen LogP contribution in [0.1, 0.15) is 61.5 Å². The number of nitrogens with zero attached hydrogens (tertiary/aromatic N) is 4. The van der Waals surface area contributed by atoms with Crippen LogP contribution in [-0.2, 0) is 13.0 Å². The number of carbonyl (C=O) groups excluding carboxylic acids is 1. The summed E-state index contributed by atoms with van der Waals surface area (Å²) in [6, 6.07) is 12.2. The smallest absolute Gasteiger partial charge is 0.269 e. The molecule has 30 heavy (non-hydrogen) atoms. The second-order valence-electron chi connectivity index (χ2n) is 7.87. The molecule has 0 unspecified atom stereocenters. The maximum absolute atomic E-state index is 12.0. The minimum absolute atomic E-state index is 0.0877. The van der Waals surface area contributed by atoms with Gasteiger partial charge in [0.15, 0.2) is 5.82 Å². The van der Waals surface area contributed by atoms with Crippen LogP contribution >= 0.6 is 0 Å². The third kappa shape index (κ3) is 4.75. The Bertz CT molecular complexity index is 993. The van der Waals surface area contributed by atoms with Crippen molar-refractivity contribution in [3.8, 4) is 22.8 Å². The lowest BCUT2D eigenvalue weighted by Crippen LogP contribution is -2.35. The van der Waals surface area contributed by atoms with Crippen LogP contribution < -0.4 is 5.32 Å². The van der Waals surface area contributed by atoms with Crippen molar-refractivity contribution in [2.24, 2.45) is 0 Å². The summed E-state index contributed by atoms with van der Waals surface area (Å²) in [5, 5.41) is 7.39. The highest BCUT2D eigenvalue weighted by Crippen LogP contribution is 2.22. The molecule has 6 nitrogen and oxygen atoms in total. The second-order valence-corrected chi connectivity index (χ2v) is 7.87. The van der Waals surface area contributed by atoms with E-state index in [4.69, 9.17) is 4.98 Å². The number of nitrogens with one attached hydrogen (secondary N) is 1. The van der Waals surface area contributed by atoms with E-state index in [1.54, 1.807) is 16.9 Å². The van der Waals surface area contributed by atoms with Gasteiger partial charge in [0.25, 0.3) is 5.91 Å². The van der Waals surface area contributed by atoms with Crippen molar-refractivity contribution in [1.29, 1.82) is 0 Å². The fourth-order valence-corrected chi connectivity index (χ4v) is 3.83. The molecule has 1 aliphatic rings. The molecule has 0 radical (unpaired) electrons. The molecule has 0 aliphatic carbocycles. The van der Waals surface area contributed by atoms with Crippen LogP contribution in [0, 0.1) is 0 Å². The lowest BCUT2D eigenvalue weighted by molar-refractivity contribution is 0.0924. The van der Waals surface area contributed by atoms with E-state index in [0.29, 0.717) is 30.3 Å². The summed E-state index contributed by atoms with van der Waals surface area (Å²) in [7, 11) is 0. The summed E-state index contributed by atoms with van der Waals surface area (Å²) in [6.45, 7) is 3.54. The number of aryl methyl sites for hydroxylation is 1. The average Bonchev–Trinajstić information content (AvgIpc) is 3.23. The van der Waals surface area contributed by atoms with E-state index in [9.17, 15) is 4.79 Å². The van der Waals surface area contributed by atoms with Gasteiger partial charge in [0.2, 0.25) is 0 Å². The van der Waals surface area contributed by atoms with Crippen LogP contribution in [0.4, 0.5) is 0 Å². The zero-order valence-corrected chi connectivity index (χ0v) is 17.6. The summed E-state index contributed by atoms with van der Waals surface area (Å²) in [5.74, 6) is 0.587. The molecule has 1 aromatic carbocycles. The Morgan fingerprint density at radius 1 is 1.00 bits per heavy atom. The quantitative estimate of drug-likeness (QED) is 0.528. The molecule has 2 aromatic heterocycles. The van der Waals surface area contributed by atoms with E-state index in [2.05, 4.69) is 46.6 Å². The molecular weight excluding hydrogens is 374 g/mol. The van der Waals surface area contributed by atoms with Crippen molar-refractivity contribution in [1.82, 2.24) is 25.1 Å². The number of hydrogen-bond acceptors (Lipinski definition) is 4. The lowest BCUT2D eigenvalue weighted by Gasteiger charge is -2.13. The van der Waals surface area contributed by atoms with E-state index < -0.39 is 0 Å². The molecule has 0 saturated carbocycles. The third-order valence-corrected chi connectivity index (χ3v) is 5.57. The van der Waals surface area contributed by atoms with Gasteiger partial charge in [-0.15, -0.1) is 0 Å². The molecule has 3 heterocycles. The Balaban J connectivity index is 1.42. The van der Waals surface area contributed by atoms with Gasteiger partial charge in [0.05, 0.1) is 12.2 Å². The first kappa shape index (κ1) is 20.3. The Morgan fingerprint density at radius 3 is 2.60 bits per heavy atom. The first-order chi connectivity index (χ1) is 14.7. The van der Waals surface area contributed by atoms with Gasteiger partial charge in [0, 0.05) is 18.3 Å².